The van der Waals surface area contributed by atoms with Crippen LogP contribution in [0.1, 0.15) is 0 Å². The fraction of sp³-hybridized carbons (Fsp3) is 0.333. The maximum atomic E-state index is 11.5. The lowest BCUT2D eigenvalue weighted by molar-refractivity contribution is -0.142. The molecule has 1 saturated heterocycles. The lowest BCUT2D eigenvalue weighted by Crippen LogP contribution is -2.58. The van der Waals surface area contributed by atoms with E-state index in [1.807, 2.05) is 0 Å². The molecule has 1 N–H and O–H groups in total. The van der Waals surface area contributed by atoms with Gasteiger partial charge in [0.25, 0.3) is 0 Å². The van der Waals surface area contributed by atoms with E-state index in [1.165, 1.54) is 16.7 Å². The average Bonchev–Trinajstić information content (AvgIpc) is 2.65. The summed E-state index contributed by atoms with van der Waals surface area (Å²) in [4.78, 5) is 26.9. The van der Waals surface area contributed by atoms with Crippen LogP contribution in [-0.2, 0) is 14.1 Å². The highest BCUT2D eigenvalue weighted by molar-refractivity contribution is 9.10. The standard InChI is InChI=1S/C6H7BBrN2O3PS/c7-9-14-13-6(12)2-1-15-5-3(8)4(11)10(2)5/h1,3,5,9,14H,7H2/t3-,5+/m0/s1. The van der Waals surface area contributed by atoms with Crippen LogP contribution in [0.25, 0.3) is 0 Å². The molecule has 1 unspecified atom stereocenters. The van der Waals surface area contributed by atoms with Crippen molar-refractivity contribution in [3.8, 4) is 0 Å². The van der Waals surface area contributed by atoms with Gasteiger partial charge in [0.15, 0.2) is 7.98 Å². The lowest BCUT2D eigenvalue weighted by atomic mass is 10.2. The number of fused-ring (bicyclic) bond motifs is 1. The van der Waals surface area contributed by atoms with Crippen molar-refractivity contribution in [1.82, 2.24) is 9.90 Å². The van der Waals surface area contributed by atoms with E-state index in [2.05, 4.69) is 20.9 Å². The van der Waals surface area contributed by atoms with E-state index in [1.54, 1.807) is 13.4 Å². The number of halogens is 1. The van der Waals surface area contributed by atoms with Gasteiger partial charge < -0.3 is 9.52 Å². The van der Waals surface area contributed by atoms with Crippen LogP contribution in [0.3, 0.4) is 0 Å². The molecule has 0 spiro atoms. The normalized spacial score (nSPS) is 29.0. The van der Waals surface area contributed by atoms with Crippen molar-refractivity contribution in [3.63, 3.8) is 0 Å². The summed E-state index contributed by atoms with van der Waals surface area (Å²) in [6, 6.07) is 0. The van der Waals surface area contributed by atoms with Crippen LogP contribution in [0.5, 0.6) is 0 Å². The highest BCUT2D eigenvalue weighted by atomic mass is 79.9. The molecule has 15 heavy (non-hydrogen) atoms. The SMILES string of the molecule is BNPOC(=O)C1=CS[C@@H]2[C@@H](Br)C(=O)N12. The first kappa shape index (κ1) is 11.5. The van der Waals surface area contributed by atoms with Gasteiger partial charge in [0.1, 0.15) is 24.9 Å². The summed E-state index contributed by atoms with van der Waals surface area (Å²) in [6.45, 7) is 0. The summed E-state index contributed by atoms with van der Waals surface area (Å²) in [5.41, 5.74) is 0.341. The summed E-state index contributed by atoms with van der Waals surface area (Å²) >= 11 is 4.71. The number of hydrogen-bond donors (Lipinski definition) is 1. The van der Waals surface area contributed by atoms with Gasteiger partial charge in [0, 0.05) is 5.41 Å². The summed E-state index contributed by atoms with van der Waals surface area (Å²) in [7, 11) is 1.60. The van der Waals surface area contributed by atoms with E-state index in [0.717, 1.165) is 0 Å². The minimum absolute atomic E-state index is 0.0120. The van der Waals surface area contributed by atoms with Crippen molar-refractivity contribution in [2.45, 2.75) is 10.2 Å². The fourth-order valence-corrected chi connectivity index (χ4v) is 3.50. The van der Waals surface area contributed by atoms with Crippen LogP contribution in [0, 0.1) is 0 Å². The first-order valence-corrected chi connectivity index (χ1v) is 6.89. The summed E-state index contributed by atoms with van der Waals surface area (Å²) in [6.07, 6.45) is 0. The van der Waals surface area contributed by atoms with Crippen LogP contribution in [0.15, 0.2) is 11.1 Å². The summed E-state index contributed by atoms with van der Waals surface area (Å²) in [5.74, 6) is -0.536. The molecule has 9 heteroatoms. The largest absolute Gasteiger partial charge is 0.428 e. The number of thioether (sulfide) groups is 1. The Hall–Kier alpha value is -0.0351. The molecule has 0 saturated carbocycles. The number of rotatable bonds is 3. The van der Waals surface area contributed by atoms with Gasteiger partial charge in [-0.05, 0) is 0 Å². The van der Waals surface area contributed by atoms with Gasteiger partial charge in [-0.2, -0.15) is 0 Å². The molecule has 0 aliphatic carbocycles. The number of nitrogens with one attached hydrogen (secondary N) is 1. The Labute approximate surface area is 102 Å². The zero-order valence-corrected chi connectivity index (χ0v) is 11.1. The Kier molecular flexibility index (Phi) is 3.40. The quantitative estimate of drug-likeness (QED) is 0.336. The molecule has 0 radical (unpaired) electrons. The van der Waals surface area contributed by atoms with Crippen molar-refractivity contribution >= 4 is 56.5 Å². The van der Waals surface area contributed by atoms with Gasteiger partial charge in [-0.25, -0.2) is 4.79 Å². The maximum Gasteiger partial charge on any atom is 0.359 e. The maximum absolute atomic E-state index is 11.5. The monoisotopic (exact) mass is 308 g/mol. The van der Waals surface area contributed by atoms with Crippen molar-refractivity contribution in [1.29, 1.82) is 0 Å². The highest BCUT2D eigenvalue weighted by Gasteiger charge is 2.52. The molecule has 2 aliphatic rings. The minimum atomic E-state index is -0.453. The van der Waals surface area contributed by atoms with E-state index in [-0.39, 0.29) is 25.1 Å². The van der Waals surface area contributed by atoms with Gasteiger partial charge in [-0.3, -0.25) is 9.69 Å². The second kappa shape index (κ2) is 4.45. The molecule has 0 aromatic heterocycles. The van der Waals surface area contributed by atoms with E-state index in [9.17, 15) is 9.59 Å². The van der Waals surface area contributed by atoms with Crippen LogP contribution < -0.4 is 5.00 Å². The molecule has 1 amide bonds. The molecule has 0 aromatic carbocycles. The predicted molar refractivity (Wildman–Crippen MR) is 65.1 cm³/mol. The topological polar surface area (TPSA) is 58.6 Å². The number of β-lactam (4-membered cyclic amide) rings is 1. The number of hydrogen-bond acceptors (Lipinski definition) is 5. The van der Waals surface area contributed by atoms with Crippen LogP contribution >= 0.6 is 36.7 Å². The average molecular weight is 309 g/mol. The van der Waals surface area contributed by atoms with Crippen molar-refractivity contribution in [3.05, 3.63) is 11.1 Å². The van der Waals surface area contributed by atoms with Gasteiger partial charge in [-0.15, -0.1) is 11.8 Å². The minimum Gasteiger partial charge on any atom is -0.428 e. The molecule has 2 heterocycles. The Bertz CT molecular complexity index is 355. The van der Waals surface area contributed by atoms with E-state index < -0.39 is 5.97 Å². The molecule has 3 atom stereocenters. The first-order chi connectivity index (χ1) is 7.16. The van der Waals surface area contributed by atoms with E-state index >= 15 is 0 Å². The number of amides is 1. The number of alkyl halides is 1. The molecule has 1 fully saturated rings. The molecule has 2 aliphatic heterocycles. The Balaban J connectivity index is 2.00. The van der Waals surface area contributed by atoms with E-state index in [0.29, 0.717) is 5.70 Å². The number of nitrogens with zero attached hydrogens (tertiary/aromatic N) is 1. The Morgan fingerprint density at radius 2 is 2.53 bits per heavy atom. The third-order valence-electron chi connectivity index (χ3n) is 2.01. The summed E-state index contributed by atoms with van der Waals surface area (Å²) in [5, 5.41) is 1.68. The van der Waals surface area contributed by atoms with E-state index in [4.69, 9.17) is 4.52 Å². The Morgan fingerprint density at radius 3 is 3.20 bits per heavy atom. The van der Waals surface area contributed by atoms with Gasteiger partial charge in [-0.1, -0.05) is 15.9 Å². The summed E-state index contributed by atoms with van der Waals surface area (Å²) < 4.78 is 4.90. The number of carbonyl (C=O) groups excluding carboxylic acids is 2. The second-order valence-electron chi connectivity index (χ2n) is 2.88. The molecule has 2 rings (SSSR count). The van der Waals surface area contributed by atoms with Crippen LogP contribution in [-0.4, -0.2) is 35.0 Å². The molecule has 5 nitrogen and oxygen atoms in total. The van der Waals surface area contributed by atoms with Gasteiger partial charge >= 0.3 is 5.97 Å². The third kappa shape index (κ3) is 1.84. The van der Waals surface area contributed by atoms with Gasteiger partial charge in [0.05, 0.1) is 0 Å². The molecular weight excluding hydrogens is 302 g/mol. The molecule has 80 valence electrons. The van der Waals surface area contributed by atoms with Crippen LogP contribution in [0.4, 0.5) is 0 Å². The molecular formula is C6H7BBrN2O3PS. The predicted octanol–water partition coefficient (Wildman–Crippen LogP) is -0.304. The zero-order chi connectivity index (χ0) is 11.0. The molecule has 0 aromatic rings. The number of carbonyl (C=O) groups is 2. The van der Waals surface area contributed by atoms with Gasteiger partial charge in [0.2, 0.25) is 5.91 Å². The van der Waals surface area contributed by atoms with Crippen LogP contribution in [0.2, 0.25) is 0 Å². The van der Waals surface area contributed by atoms with Crippen molar-refractivity contribution < 1.29 is 14.1 Å². The first-order valence-electron chi connectivity index (χ1n) is 4.12. The lowest BCUT2D eigenvalue weighted by Gasteiger charge is -2.39. The van der Waals surface area contributed by atoms with Crippen molar-refractivity contribution in [2.24, 2.45) is 0 Å². The third-order valence-corrected chi connectivity index (χ3v) is 4.87. The molecule has 0 bridgehead atoms. The smallest absolute Gasteiger partial charge is 0.359 e. The van der Waals surface area contributed by atoms with Crippen molar-refractivity contribution in [2.75, 3.05) is 0 Å². The second-order valence-corrected chi connectivity index (χ2v) is 5.77. The highest BCUT2D eigenvalue weighted by Crippen LogP contribution is 2.44. The zero-order valence-electron chi connectivity index (χ0n) is 7.69. The fourth-order valence-electron chi connectivity index (χ4n) is 1.30. The Morgan fingerprint density at radius 1 is 1.80 bits per heavy atom.